The third-order valence-corrected chi connectivity index (χ3v) is 5.55. The first-order valence-corrected chi connectivity index (χ1v) is 8.09. The first-order valence-electron chi connectivity index (χ1n) is 8.09. The van der Waals surface area contributed by atoms with Gasteiger partial charge in [0.15, 0.2) is 0 Å². The average molecular weight is 278 g/mol. The first kappa shape index (κ1) is 15.8. The lowest BCUT2D eigenvalue weighted by molar-refractivity contribution is -0.0347. The Balaban J connectivity index is 2.05. The van der Waals surface area contributed by atoms with Crippen LogP contribution in [0.25, 0.3) is 0 Å². The summed E-state index contributed by atoms with van der Waals surface area (Å²) in [5.41, 5.74) is -0.170. The highest BCUT2D eigenvalue weighted by Gasteiger charge is 2.40. The number of nitriles is 1. The summed E-state index contributed by atoms with van der Waals surface area (Å²) in [6.45, 7) is 10.8. The maximum Gasteiger partial charge on any atom is 0.0672 e. The van der Waals surface area contributed by atoms with Crippen molar-refractivity contribution >= 4 is 0 Å². The fourth-order valence-electron chi connectivity index (χ4n) is 3.82. The predicted molar refractivity (Wildman–Crippen MR) is 81.1 cm³/mol. The van der Waals surface area contributed by atoms with E-state index < -0.39 is 5.60 Å². The molecule has 1 saturated carbocycles. The van der Waals surface area contributed by atoms with Crippen molar-refractivity contribution in [2.45, 2.75) is 71.4 Å². The molecule has 3 heteroatoms. The van der Waals surface area contributed by atoms with Crippen LogP contribution in [0.2, 0.25) is 0 Å². The van der Waals surface area contributed by atoms with E-state index in [-0.39, 0.29) is 5.92 Å². The average Bonchev–Trinajstić information content (AvgIpc) is 2.37. The van der Waals surface area contributed by atoms with Crippen LogP contribution in [-0.2, 0) is 0 Å². The summed E-state index contributed by atoms with van der Waals surface area (Å²) < 4.78 is 0. The van der Waals surface area contributed by atoms with E-state index in [0.717, 1.165) is 38.8 Å². The van der Waals surface area contributed by atoms with Crippen LogP contribution in [0.5, 0.6) is 0 Å². The van der Waals surface area contributed by atoms with Crippen molar-refractivity contribution in [2.75, 3.05) is 13.1 Å². The van der Waals surface area contributed by atoms with Crippen LogP contribution in [0.3, 0.4) is 0 Å². The lowest BCUT2D eigenvalue weighted by Gasteiger charge is -2.47. The van der Waals surface area contributed by atoms with Crippen LogP contribution in [0.4, 0.5) is 0 Å². The molecule has 114 valence electrons. The molecule has 0 aromatic carbocycles. The molecular formula is C17H30N2O. The Hall–Kier alpha value is -0.590. The summed E-state index contributed by atoms with van der Waals surface area (Å²) in [4.78, 5) is 2.48. The van der Waals surface area contributed by atoms with E-state index in [9.17, 15) is 10.4 Å². The molecule has 3 atom stereocenters. The fraction of sp³-hybridized carbons (Fsp3) is 0.941. The standard InChI is InChI=1S/C17H30N2O/c1-16(2,3)14-6-5-13(12-18)15(11-14)19-9-7-17(4,20)8-10-19/h13-15,20H,5-11H2,1-4H3. The van der Waals surface area contributed by atoms with Crippen molar-refractivity contribution in [1.82, 2.24) is 4.90 Å². The van der Waals surface area contributed by atoms with Crippen molar-refractivity contribution in [3.05, 3.63) is 0 Å². The van der Waals surface area contributed by atoms with Gasteiger partial charge in [-0.2, -0.15) is 5.26 Å². The maximum absolute atomic E-state index is 10.1. The van der Waals surface area contributed by atoms with Crippen LogP contribution in [0.1, 0.15) is 59.8 Å². The zero-order chi connectivity index (χ0) is 15.0. The monoisotopic (exact) mass is 278 g/mol. The number of nitrogens with zero attached hydrogens (tertiary/aromatic N) is 2. The molecule has 1 N–H and O–H groups in total. The van der Waals surface area contributed by atoms with Gasteiger partial charge < -0.3 is 5.11 Å². The molecule has 2 fully saturated rings. The van der Waals surface area contributed by atoms with E-state index in [1.165, 1.54) is 6.42 Å². The van der Waals surface area contributed by atoms with Gasteiger partial charge in [0.1, 0.15) is 0 Å². The highest BCUT2D eigenvalue weighted by atomic mass is 16.3. The van der Waals surface area contributed by atoms with Gasteiger partial charge in [0.05, 0.1) is 17.6 Å². The molecule has 0 amide bonds. The number of aliphatic hydroxyl groups is 1. The normalized spacial score (nSPS) is 35.5. The number of likely N-dealkylation sites (tertiary alicyclic amines) is 1. The Morgan fingerprint density at radius 3 is 2.30 bits per heavy atom. The third-order valence-electron chi connectivity index (χ3n) is 5.55. The Morgan fingerprint density at radius 2 is 1.80 bits per heavy atom. The van der Waals surface area contributed by atoms with E-state index in [1.807, 2.05) is 6.92 Å². The molecule has 0 radical (unpaired) electrons. The van der Waals surface area contributed by atoms with Gasteiger partial charge in [-0.1, -0.05) is 20.8 Å². The van der Waals surface area contributed by atoms with Gasteiger partial charge in [-0.05, 0) is 50.4 Å². The summed E-state index contributed by atoms with van der Waals surface area (Å²) in [6.07, 6.45) is 5.04. The summed E-state index contributed by atoms with van der Waals surface area (Å²) in [7, 11) is 0. The van der Waals surface area contributed by atoms with Crippen molar-refractivity contribution in [3.63, 3.8) is 0 Å². The quantitative estimate of drug-likeness (QED) is 0.801. The lowest BCUT2D eigenvalue weighted by Crippen LogP contribution is -2.52. The van der Waals surface area contributed by atoms with Gasteiger partial charge in [0.2, 0.25) is 0 Å². The Labute approximate surface area is 124 Å². The Kier molecular flexibility index (Phi) is 4.47. The molecule has 3 unspecified atom stereocenters. The van der Waals surface area contributed by atoms with Gasteiger partial charge in [0.25, 0.3) is 0 Å². The highest BCUT2D eigenvalue weighted by molar-refractivity contribution is 5.00. The molecule has 20 heavy (non-hydrogen) atoms. The second-order valence-corrected chi connectivity index (χ2v) is 8.21. The third kappa shape index (κ3) is 3.54. The molecule has 0 spiro atoms. The lowest BCUT2D eigenvalue weighted by atomic mass is 9.67. The smallest absolute Gasteiger partial charge is 0.0672 e. The molecule has 2 rings (SSSR count). The largest absolute Gasteiger partial charge is 0.390 e. The molecule has 0 bridgehead atoms. The summed E-state index contributed by atoms with van der Waals surface area (Å²) in [5.74, 6) is 0.885. The highest BCUT2D eigenvalue weighted by Crippen LogP contribution is 2.42. The molecule has 1 saturated heterocycles. The molecule has 1 aliphatic heterocycles. The van der Waals surface area contributed by atoms with E-state index >= 15 is 0 Å². The molecule has 0 aromatic heterocycles. The van der Waals surface area contributed by atoms with Crippen LogP contribution in [0, 0.1) is 28.6 Å². The van der Waals surface area contributed by atoms with E-state index in [0.29, 0.717) is 17.4 Å². The zero-order valence-corrected chi connectivity index (χ0v) is 13.5. The molecule has 0 aromatic rings. The van der Waals surface area contributed by atoms with E-state index in [2.05, 4.69) is 31.7 Å². The molecule has 3 nitrogen and oxygen atoms in total. The van der Waals surface area contributed by atoms with Crippen LogP contribution >= 0.6 is 0 Å². The number of hydrogen-bond donors (Lipinski definition) is 1. The molecule has 1 heterocycles. The number of rotatable bonds is 1. The Morgan fingerprint density at radius 1 is 1.20 bits per heavy atom. The fourth-order valence-corrected chi connectivity index (χ4v) is 3.82. The van der Waals surface area contributed by atoms with Crippen LogP contribution in [-0.4, -0.2) is 34.7 Å². The minimum absolute atomic E-state index is 0.177. The predicted octanol–water partition coefficient (Wildman–Crippen LogP) is 3.19. The molecule has 1 aliphatic carbocycles. The van der Waals surface area contributed by atoms with Crippen molar-refractivity contribution in [3.8, 4) is 6.07 Å². The summed E-state index contributed by atoms with van der Waals surface area (Å²) >= 11 is 0. The first-order chi connectivity index (χ1) is 9.23. The Bertz CT molecular complexity index is 367. The van der Waals surface area contributed by atoms with Gasteiger partial charge in [-0.25, -0.2) is 0 Å². The van der Waals surface area contributed by atoms with Crippen LogP contribution < -0.4 is 0 Å². The zero-order valence-electron chi connectivity index (χ0n) is 13.5. The summed E-state index contributed by atoms with van der Waals surface area (Å²) in [5, 5.41) is 19.6. The summed E-state index contributed by atoms with van der Waals surface area (Å²) in [6, 6.07) is 2.94. The van der Waals surface area contributed by atoms with Gasteiger partial charge >= 0.3 is 0 Å². The van der Waals surface area contributed by atoms with Gasteiger partial charge in [-0.3, -0.25) is 4.90 Å². The maximum atomic E-state index is 10.1. The van der Waals surface area contributed by atoms with Crippen molar-refractivity contribution < 1.29 is 5.11 Å². The van der Waals surface area contributed by atoms with Crippen molar-refractivity contribution in [2.24, 2.45) is 17.3 Å². The SMILES string of the molecule is CC1(O)CCN(C2CC(C(C)(C)C)CCC2C#N)CC1. The van der Waals surface area contributed by atoms with E-state index in [4.69, 9.17) is 0 Å². The second kappa shape index (κ2) is 5.66. The topological polar surface area (TPSA) is 47.3 Å². The number of hydrogen-bond acceptors (Lipinski definition) is 3. The minimum Gasteiger partial charge on any atom is -0.390 e. The van der Waals surface area contributed by atoms with Gasteiger partial charge in [0, 0.05) is 19.1 Å². The second-order valence-electron chi connectivity index (χ2n) is 8.21. The molecular weight excluding hydrogens is 248 g/mol. The van der Waals surface area contributed by atoms with E-state index in [1.54, 1.807) is 0 Å². The van der Waals surface area contributed by atoms with Crippen LogP contribution in [0.15, 0.2) is 0 Å². The molecule has 2 aliphatic rings. The van der Waals surface area contributed by atoms with Gasteiger partial charge in [-0.15, -0.1) is 0 Å². The van der Waals surface area contributed by atoms with Crippen molar-refractivity contribution in [1.29, 1.82) is 5.26 Å². The number of piperidine rings is 1. The minimum atomic E-state index is -0.503.